The number of hydrogen-bond donors (Lipinski definition) is 2. The van der Waals surface area contributed by atoms with Crippen LogP contribution in [-0.2, 0) is 14.3 Å². The maximum Gasteiger partial charge on any atom is 0.305 e. The molecule has 0 bridgehead atoms. The van der Waals surface area contributed by atoms with E-state index in [-0.39, 0.29) is 30.0 Å². The Morgan fingerprint density at radius 1 is 1.32 bits per heavy atom. The van der Waals surface area contributed by atoms with Crippen molar-refractivity contribution in [1.29, 1.82) is 0 Å². The van der Waals surface area contributed by atoms with Crippen molar-refractivity contribution in [2.45, 2.75) is 75.9 Å². The topological polar surface area (TPSA) is 83.8 Å². The largest absolute Gasteiger partial charge is 0.469 e. The summed E-state index contributed by atoms with van der Waals surface area (Å²) >= 11 is 0. The number of methoxy groups -OCH3 is 1. The number of hydrogen-bond acceptors (Lipinski definition) is 5. The van der Waals surface area contributed by atoms with Gasteiger partial charge in [-0.2, -0.15) is 0 Å². The minimum Gasteiger partial charge on any atom is -0.469 e. The van der Waals surface area contributed by atoms with Gasteiger partial charge in [-0.05, 0) is 43.9 Å². The number of esters is 1. The van der Waals surface area contributed by atoms with Gasteiger partial charge in [0, 0.05) is 24.7 Å². The molecule has 0 radical (unpaired) electrons. The van der Waals surface area contributed by atoms with Crippen LogP contribution in [0.3, 0.4) is 0 Å². The van der Waals surface area contributed by atoms with Crippen LogP contribution in [0.5, 0.6) is 0 Å². The second kappa shape index (κ2) is 9.36. The Kier molecular flexibility index (Phi) is 7.10. The van der Waals surface area contributed by atoms with Crippen molar-refractivity contribution in [3.8, 4) is 0 Å². The Morgan fingerprint density at radius 3 is 2.86 bits per heavy atom. The zero-order chi connectivity index (χ0) is 20.1. The Bertz CT molecular complexity index is 624. The first-order valence-corrected chi connectivity index (χ1v) is 10.8. The summed E-state index contributed by atoms with van der Waals surface area (Å²) in [6.45, 7) is 0. The van der Waals surface area contributed by atoms with Crippen LogP contribution in [0.25, 0.3) is 0 Å². The fourth-order valence-corrected chi connectivity index (χ4v) is 5.28. The molecule has 156 valence electrons. The lowest BCUT2D eigenvalue weighted by atomic mass is 9.61. The van der Waals surface area contributed by atoms with E-state index in [1.807, 2.05) is 12.2 Å². The molecule has 0 spiro atoms. The molecule has 0 amide bonds. The van der Waals surface area contributed by atoms with Gasteiger partial charge in [-0.15, -0.1) is 0 Å². The van der Waals surface area contributed by atoms with Crippen molar-refractivity contribution < 1.29 is 24.5 Å². The van der Waals surface area contributed by atoms with Crippen LogP contribution in [0, 0.1) is 23.7 Å². The molecule has 2 fully saturated rings. The molecule has 0 aliphatic heterocycles. The first kappa shape index (κ1) is 21.3. The quantitative estimate of drug-likeness (QED) is 0.340. The molecule has 0 saturated heterocycles. The van der Waals surface area contributed by atoms with Gasteiger partial charge >= 0.3 is 5.97 Å². The molecule has 0 aromatic rings. The summed E-state index contributed by atoms with van der Waals surface area (Å²) in [5.41, 5.74) is -0.618. The maximum atomic E-state index is 12.3. The predicted molar refractivity (Wildman–Crippen MR) is 106 cm³/mol. The molecule has 3 rings (SSSR count). The van der Waals surface area contributed by atoms with Gasteiger partial charge < -0.3 is 14.9 Å². The van der Waals surface area contributed by atoms with E-state index < -0.39 is 11.7 Å². The number of unbranched alkanes of at least 4 members (excludes halogenated alkanes) is 3. The van der Waals surface area contributed by atoms with Crippen LogP contribution < -0.4 is 0 Å². The standard InChI is InChI=1S/C23H34O5/c1-28-22(26)12-5-3-2-4-9-17-18(21(25)14-20(17)24)10-7-13-23(27)15-16-8-6-11-19(16)23/h6-8,10,16-19,21,25,27H,2-5,9,11-15H2,1H3/b10-7+/t16?,17-,18-,19?,21-,23?/m1/s1. The number of allylic oxidation sites excluding steroid dienone is 2. The first-order chi connectivity index (χ1) is 13.4. The summed E-state index contributed by atoms with van der Waals surface area (Å²) in [7, 11) is 1.40. The highest BCUT2D eigenvalue weighted by Crippen LogP contribution is 2.52. The van der Waals surface area contributed by atoms with Crippen molar-refractivity contribution in [1.82, 2.24) is 0 Å². The third kappa shape index (κ3) is 4.74. The third-order valence-electron chi connectivity index (χ3n) is 7.01. The number of ketones is 1. The van der Waals surface area contributed by atoms with E-state index in [0.29, 0.717) is 24.7 Å². The van der Waals surface area contributed by atoms with Gasteiger partial charge in [0.05, 0.1) is 18.8 Å². The van der Waals surface area contributed by atoms with Crippen LogP contribution in [0.1, 0.15) is 64.2 Å². The van der Waals surface area contributed by atoms with E-state index in [1.165, 1.54) is 7.11 Å². The van der Waals surface area contributed by atoms with E-state index in [9.17, 15) is 19.8 Å². The normalized spacial score (nSPS) is 36.7. The van der Waals surface area contributed by atoms with E-state index in [0.717, 1.165) is 44.9 Å². The van der Waals surface area contributed by atoms with Gasteiger partial charge in [-0.3, -0.25) is 9.59 Å². The zero-order valence-corrected chi connectivity index (χ0v) is 16.9. The SMILES string of the molecule is COC(=O)CCCCCC[C@H]1C(=O)C[C@@H](O)[C@@H]1/C=C/CC1(O)CC2C=CCC21. The summed E-state index contributed by atoms with van der Waals surface area (Å²) < 4.78 is 4.63. The van der Waals surface area contributed by atoms with E-state index in [2.05, 4.69) is 16.9 Å². The van der Waals surface area contributed by atoms with Crippen LogP contribution in [-0.4, -0.2) is 40.8 Å². The molecule has 3 aliphatic carbocycles. The van der Waals surface area contributed by atoms with E-state index >= 15 is 0 Å². The number of fused-ring (bicyclic) bond motifs is 1. The molecule has 0 aromatic heterocycles. The van der Waals surface area contributed by atoms with Crippen molar-refractivity contribution in [3.63, 3.8) is 0 Å². The van der Waals surface area contributed by atoms with Crippen molar-refractivity contribution in [3.05, 3.63) is 24.3 Å². The molecule has 2 N–H and O–H groups in total. The number of rotatable bonds is 10. The van der Waals surface area contributed by atoms with Crippen LogP contribution in [0.15, 0.2) is 24.3 Å². The number of Topliss-reactive ketones (excluding diaryl/α,β-unsaturated/α-hetero) is 1. The average Bonchev–Trinajstić information content (AvgIpc) is 3.18. The molecule has 0 aromatic carbocycles. The summed E-state index contributed by atoms with van der Waals surface area (Å²) in [5, 5.41) is 21.1. The van der Waals surface area contributed by atoms with Crippen molar-refractivity contribution in [2.75, 3.05) is 7.11 Å². The molecule has 5 heteroatoms. The number of aliphatic hydroxyl groups is 2. The van der Waals surface area contributed by atoms with Crippen molar-refractivity contribution >= 4 is 11.8 Å². The Morgan fingerprint density at radius 2 is 2.11 bits per heavy atom. The van der Waals surface area contributed by atoms with Gasteiger partial charge in [-0.25, -0.2) is 0 Å². The molecule has 28 heavy (non-hydrogen) atoms. The van der Waals surface area contributed by atoms with Crippen LogP contribution >= 0.6 is 0 Å². The van der Waals surface area contributed by atoms with Crippen LogP contribution in [0.2, 0.25) is 0 Å². The first-order valence-electron chi connectivity index (χ1n) is 10.8. The highest BCUT2D eigenvalue weighted by molar-refractivity contribution is 5.84. The van der Waals surface area contributed by atoms with Gasteiger partial charge in [-0.1, -0.05) is 43.6 Å². The Hall–Kier alpha value is -1.46. The fraction of sp³-hybridized carbons (Fsp3) is 0.739. The second-order valence-electron chi connectivity index (χ2n) is 8.82. The second-order valence-corrected chi connectivity index (χ2v) is 8.82. The maximum absolute atomic E-state index is 12.3. The predicted octanol–water partition coefficient (Wildman–Crippen LogP) is 3.34. The molecule has 0 heterocycles. The van der Waals surface area contributed by atoms with E-state index in [4.69, 9.17) is 0 Å². The number of carbonyl (C=O) groups is 2. The molecule has 6 atom stereocenters. The van der Waals surface area contributed by atoms with Crippen LogP contribution in [0.4, 0.5) is 0 Å². The summed E-state index contributed by atoms with van der Waals surface area (Å²) in [5.74, 6) is 0.593. The lowest BCUT2D eigenvalue weighted by Gasteiger charge is -2.48. The number of aliphatic hydroxyl groups excluding tert-OH is 1. The number of carbonyl (C=O) groups excluding carboxylic acids is 2. The minimum absolute atomic E-state index is 0.121. The molecule has 3 unspecified atom stereocenters. The summed E-state index contributed by atoms with van der Waals surface area (Å²) in [6, 6.07) is 0. The lowest BCUT2D eigenvalue weighted by molar-refractivity contribution is -0.140. The summed E-state index contributed by atoms with van der Waals surface area (Å²) in [6.07, 6.45) is 15.2. The van der Waals surface area contributed by atoms with Gasteiger partial charge in [0.25, 0.3) is 0 Å². The monoisotopic (exact) mass is 390 g/mol. The Labute approximate surface area is 167 Å². The van der Waals surface area contributed by atoms with E-state index in [1.54, 1.807) is 0 Å². The van der Waals surface area contributed by atoms with Gasteiger partial charge in [0.2, 0.25) is 0 Å². The Balaban J connectivity index is 1.42. The molecule has 3 aliphatic rings. The molecular weight excluding hydrogens is 356 g/mol. The third-order valence-corrected chi connectivity index (χ3v) is 7.01. The molecule has 5 nitrogen and oxygen atoms in total. The minimum atomic E-state index is -0.618. The fourth-order valence-electron chi connectivity index (χ4n) is 5.28. The molecule has 2 saturated carbocycles. The zero-order valence-electron chi connectivity index (χ0n) is 16.9. The number of ether oxygens (including phenoxy) is 1. The lowest BCUT2D eigenvalue weighted by Crippen LogP contribution is -2.51. The highest BCUT2D eigenvalue weighted by atomic mass is 16.5. The average molecular weight is 391 g/mol. The molecular formula is C23H34O5. The van der Waals surface area contributed by atoms with Crippen molar-refractivity contribution in [2.24, 2.45) is 23.7 Å². The highest BCUT2D eigenvalue weighted by Gasteiger charge is 2.51. The van der Waals surface area contributed by atoms with Gasteiger partial charge in [0.1, 0.15) is 5.78 Å². The summed E-state index contributed by atoms with van der Waals surface area (Å²) in [4.78, 5) is 23.4. The van der Waals surface area contributed by atoms with Gasteiger partial charge in [0.15, 0.2) is 0 Å². The smallest absolute Gasteiger partial charge is 0.305 e.